The van der Waals surface area contributed by atoms with Crippen LogP contribution in [0.2, 0.25) is 0 Å². The third kappa shape index (κ3) is 3.10. The summed E-state index contributed by atoms with van der Waals surface area (Å²) in [5, 5.41) is 2.66. The monoisotopic (exact) mass is 289 g/mol. The summed E-state index contributed by atoms with van der Waals surface area (Å²) in [5.74, 6) is 0.194. The van der Waals surface area contributed by atoms with Crippen LogP contribution in [0.25, 0.3) is 0 Å². The number of nitrogens with one attached hydrogen (secondary N) is 1. The first-order valence-corrected chi connectivity index (χ1v) is 5.71. The van der Waals surface area contributed by atoms with Crippen LogP contribution < -0.4 is 10.1 Å². The van der Waals surface area contributed by atoms with Crippen molar-refractivity contribution in [1.82, 2.24) is 5.32 Å². The zero-order valence-electron chi connectivity index (χ0n) is 11.0. The molecule has 6 heteroatoms. The number of benzene rings is 1. The highest BCUT2D eigenvalue weighted by Gasteiger charge is 2.39. The molecule has 19 heavy (non-hydrogen) atoms. The van der Waals surface area contributed by atoms with E-state index in [2.05, 4.69) is 5.32 Å². The Labute approximate surface area is 117 Å². The Bertz CT molecular complexity index is 479. The predicted molar refractivity (Wildman–Crippen MR) is 71.2 cm³/mol. The Morgan fingerprint density at radius 3 is 2.79 bits per heavy atom. The average molecular weight is 290 g/mol. The quantitative estimate of drug-likeness (QED) is 0.910. The zero-order valence-corrected chi connectivity index (χ0v) is 11.8. The van der Waals surface area contributed by atoms with Crippen molar-refractivity contribution < 1.29 is 18.7 Å². The lowest BCUT2D eigenvalue weighted by atomic mass is 9.80. The number of carbonyl (C=O) groups is 1. The van der Waals surface area contributed by atoms with Gasteiger partial charge in [-0.25, -0.2) is 9.18 Å². The minimum atomic E-state index is -0.526. The normalized spacial score (nSPS) is 20.8. The minimum Gasteiger partial charge on any atom is -0.497 e. The molecule has 1 aliphatic heterocycles. The van der Waals surface area contributed by atoms with Crippen LogP contribution in [0.1, 0.15) is 25.5 Å². The van der Waals surface area contributed by atoms with Crippen LogP contribution in [0.5, 0.6) is 5.75 Å². The Kier molecular flexibility index (Phi) is 4.63. The molecule has 1 fully saturated rings. The van der Waals surface area contributed by atoms with E-state index in [4.69, 9.17) is 9.47 Å². The van der Waals surface area contributed by atoms with Crippen molar-refractivity contribution in [2.45, 2.75) is 19.9 Å². The number of carbonyl (C=O) groups excluding carboxylic acids is 1. The summed E-state index contributed by atoms with van der Waals surface area (Å²) in [6.45, 7) is 4.08. The Balaban J connectivity index is 0.00000180. The maximum atomic E-state index is 13.9. The first-order valence-electron chi connectivity index (χ1n) is 5.71. The molecule has 0 radical (unpaired) electrons. The van der Waals surface area contributed by atoms with Gasteiger partial charge in [0, 0.05) is 11.0 Å². The van der Waals surface area contributed by atoms with Crippen molar-refractivity contribution in [2.75, 3.05) is 13.7 Å². The molecule has 1 aromatic carbocycles. The summed E-state index contributed by atoms with van der Waals surface area (Å²) in [5.41, 5.74) is 0.0252. The molecule has 1 aromatic rings. The topological polar surface area (TPSA) is 47.6 Å². The molecular formula is C13H17ClFNO3. The molecule has 0 spiro atoms. The van der Waals surface area contributed by atoms with Gasteiger partial charge in [0.2, 0.25) is 0 Å². The highest BCUT2D eigenvalue weighted by molar-refractivity contribution is 5.85. The second kappa shape index (κ2) is 5.65. The van der Waals surface area contributed by atoms with Crippen molar-refractivity contribution in [3.8, 4) is 5.75 Å². The summed E-state index contributed by atoms with van der Waals surface area (Å²) >= 11 is 0. The lowest BCUT2D eigenvalue weighted by Gasteiger charge is -2.38. The number of rotatable bonds is 2. The largest absolute Gasteiger partial charge is 0.497 e. The van der Waals surface area contributed by atoms with E-state index >= 15 is 0 Å². The molecule has 1 aliphatic rings. The van der Waals surface area contributed by atoms with E-state index in [0.717, 1.165) is 0 Å². The molecule has 106 valence electrons. The van der Waals surface area contributed by atoms with E-state index in [9.17, 15) is 9.18 Å². The van der Waals surface area contributed by atoms with Crippen LogP contribution in [0.15, 0.2) is 18.2 Å². The van der Waals surface area contributed by atoms with Gasteiger partial charge in [-0.2, -0.15) is 0 Å². The van der Waals surface area contributed by atoms with Crippen molar-refractivity contribution in [3.05, 3.63) is 29.6 Å². The third-order valence-electron chi connectivity index (χ3n) is 3.13. The van der Waals surface area contributed by atoms with E-state index in [1.165, 1.54) is 13.2 Å². The van der Waals surface area contributed by atoms with Crippen LogP contribution >= 0.6 is 12.4 Å². The highest BCUT2D eigenvalue weighted by Crippen LogP contribution is 2.38. The number of amides is 1. The molecule has 1 saturated heterocycles. The van der Waals surface area contributed by atoms with Gasteiger partial charge in [0.05, 0.1) is 13.2 Å². The lowest BCUT2D eigenvalue weighted by molar-refractivity contribution is 0.0377. The van der Waals surface area contributed by atoms with E-state index in [1.807, 2.05) is 13.8 Å². The summed E-state index contributed by atoms with van der Waals surface area (Å²) in [6.07, 6.45) is -0.526. The molecule has 0 aliphatic carbocycles. The van der Waals surface area contributed by atoms with Crippen LogP contribution in [0, 0.1) is 11.2 Å². The van der Waals surface area contributed by atoms with Crippen LogP contribution in [0.3, 0.4) is 0 Å². The fourth-order valence-corrected chi connectivity index (χ4v) is 2.06. The smallest absolute Gasteiger partial charge is 0.407 e. The lowest BCUT2D eigenvalue weighted by Crippen LogP contribution is -2.47. The van der Waals surface area contributed by atoms with Gasteiger partial charge in [0.15, 0.2) is 0 Å². The van der Waals surface area contributed by atoms with Crippen LogP contribution in [-0.2, 0) is 4.74 Å². The number of hydrogen-bond donors (Lipinski definition) is 1. The first-order chi connectivity index (χ1) is 8.44. The van der Waals surface area contributed by atoms with Gasteiger partial charge in [-0.15, -0.1) is 12.4 Å². The fourth-order valence-electron chi connectivity index (χ4n) is 2.06. The van der Waals surface area contributed by atoms with Gasteiger partial charge in [0.25, 0.3) is 0 Å². The number of methoxy groups -OCH3 is 1. The number of hydrogen-bond acceptors (Lipinski definition) is 3. The van der Waals surface area contributed by atoms with Gasteiger partial charge in [-0.05, 0) is 18.2 Å². The number of halogens is 2. The highest BCUT2D eigenvalue weighted by atomic mass is 35.5. The Morgan fingerprint density at radius 2 is 2.16 bits per heavy atom. The molecule has 1 atom stereocenters. The van der Waals surface area contributed by atoms with E-state index in [-0.39, 0.29) is 30.2 Å². The van der Waals surface area contributed by atoms with E-state index in [0.29, 0.717) is 11.3 Å². The molecule has 0 bridgehead atoms. The van der Waals surface area contributed by atoms with Gasteiger partial charge in [-0.3, -0.25) is 0 Å². The summed E-state index contributed by atoms with van der Waals surface area (Å²) in [7, 11) is 1.52. The van der Waals surface area contributed by atoms with Crippen molar-refractivity contribution in [2.24, 2.45) is 5.41 Å². The fraction of sp³-hybridized carbons (Fsp3) is 0.462. The predicted octanol–water partition coefficient (Wildman–Crippen LogP) is 3.06. The van der Waals surface area contributed by atoms with Gasteiger partial charge < -0.3 is 14.8 Å². The number of ether oxygens (including phenoxy) is 2. The average Bonchev–Trinajstić information content (AvgIpc) is 2.33. The molecule has 1 heterocycles. The van der Waals surface area contributed by atoms with Crippen molar-refractivity contribution in [1.29, 1.82) is 0 Å². The first kappa shape index (κ1) is 15.6. The Hall–Kier alpha value is -1.49. The van der Waals surface area contributed by atoms with Crippen molar-refractivity contribution >= 4 is 18.5 Å². The second-order valence-corrected chi connectivity index (χ2v) is 5.03. The van der Waals surface area contributed by atoms with Crippen LogP contribution in [-0.4, -0.2) is 19.8 Å². The molecule has 1 N–H and O–H groups in total. The summed E-state index contributed by atoms with van der Waals surface area (Å²) in [4.78, 5) is 11.3. The van der Waals surface area contributed by atoms with Crippen molar-refractivity contribution in [3.63, 3.8) is 0 Å². The number of cyclic esters (lactones) is 1. The molecule has 0 unspecified atom stereocenters. The van der Waals surface area contributed by atoms with Gasteiger partial charge in [0.1, 0.15) is 18.2 Å². The maximum absolute atomic E-state index is 13.9. The third-order valence-corrected chi connectivity index (χ3v) is 3.13. The molecule has 0 aromatic heterocycles. The zero-order chi connectivity index (χ0) is 13.3. The molecule has 2 rings (SSSR count). The molecule has 4 nitrogen and oxygen atoms in total. The molecule has 1 amide bonds. The number of alkyl carbamates (subject to hydrolysis) is 1. The SMILES string of the molecule is COc1ccc(F)c([C@H]2NC(=O)OCC2(C)C)c1.Cl. The van der Waals surface area contributed by atoms with Crippen LogP contribution in [0.4, 0.5) is 9.18 Å². The van der Waals surface area contributed by atoms with Gasteiger partial charge in [-0.1, -0.05) is 13.8 Å². The summed E-state index contributed by atoms with van der Waals surface area (Å²) < 4.78 is 23.9. The van der Waals surface area contributed by atoms with E-state index < -0.39 is 12.1 Å². The van der Waals surface area contributed by atoms with Gasteiger partial charge >= 0.3 is 6.09 Å². The Morgan fingerprint density at radius 1 is 1.47 bits per heavy atom. The summed E-state index contributed by atoms with van der Waals surface area (Å²) in [6, 6.07) is 4.06. The van der Waals surface area contributed by atoms with E-state index in [1.54, 1.807) is 12.1 Å². The standard InChI is InChI=1S/C13H16FNO3.ClH/c1-13(2)7-18-12(16)15-11(13)9-6-8(17-3)4-5-10(9)14;/h4-6,11H,7H2,1-3H3,(H,15,16);1H/t11-;/m1./s1. The minimum absolute atomic E-state index is 0. The molecule has 0 saturated carbocycles. The maximum Gasteiger partial charge on any atom is 0.407 e. The molecular weight excluding hydrogens is 273 g/mol. The second-order valence-electron chi connectivity index (χ2n) is 5.03.